The minimum Gasteiger partial charge on any atom is -0.339 e. The summed E-state index contributed by atoms with van der Waals surface area (Å²) < 4.78 is 0. The second-order valence-corrected chi connectivity index (χ2v) is 5.83. The van der Waals surface area contributed by atoms with Crippen LogP contribution in [-0.4, -0.2) is 53.9 Å². The van der Waals surface area contributed by atoms with E-state index >= 15 is 0 Å². The Morgan fingerprint density at radius 3 is 2.95 bits per heavy atom. The maximum atomic E-state index is 12.3. The molecule has 0 saturated carbocycles. The predicted octanol–water partition coefficient (Wildman–Crippen LogP) is 1.96. The van der Waals surface area contributed by atoms with E-state index < -0.39 is 0 Å². The Morgan fingerprint density at radius 1 is 1.40 bits per heavy atom. The van der Waals surface area contributed by atoms with E-state index in [4.69, 9.17) is 0 Å². The van der Waals surface area contributed by atoms with Crippen molar-refractivity contribution in [3.63, 3.8) is 0 Å². The third-order valence-electron chi connectivity index (χ3n) is 3.86. The smallest absolute Gasteiger partial charge is 0.236 e. The van der Waals surface area contributed by atoms with Gasteiger partial charge in [-0.25, -0.2) is 0 Å². The van der Waals surface area contributed by atoms with Crippen LogP contribution < -0.4 is 0 Å². The Balaban J connectivity index is 1.91. The third-order valence-corrected chi connectivity index (χ3v) is 3.86. The summed E-state index contributed by atoms with van der Waals surface area (Å²) in [7, 11) is 3.90. The summed E-state index contributed by atoms with van der Waals surface area (Å²) >= 11 is 0. The molecular formula is C16H25N3O. The van der Waals surface area contributed by atoms with Gasteiger partial charge in [0.15, 0.2) is 0 Å². The lowest BCUT2D eigenvalue weighted by molar-refractivity contribution is -0.135. The van der Waals surface area contributed by atoms with Crippen LogP contribution in [0.3, 0.4) is 0 Å². The van der Waals surface area contributed by atoms with Gasteiger partial charge in [-0.05, 0) is 58.3 Å². The number of likely N-dealkylation sites (tertiary alicyclic amines) is 1. The fraction of sp³-hybridized carbons (Fsp3) is 0.625. The van der Waals surface area contributed by atoms with E-state index in [-0.39, 0.29) is 5.91 Å². The average molecular weight is 275 g/mol. The van der Waals surface area contributed by atoms with E-state index in [0.29, 0.717) is 12.6 Å². The molecule has 0 radical (unpaired) electrons. The minimum absolute atomic E-state index is 0.265. The first-order chi connectivity index (χ1) is 9.66. The van der Waals surface area contributed by atoms with Crippen LogP contribution in [0.4, 0.5) is 0 Å². The van der Waals surface area contributed by atoms with Gasteiger partial charge in [0, 0.05) is 24.5 Å². The van der Waals surface area contributed by atoms with E-state index in [1.54, 1.807) is 0 Å². The predicted molar refractivity (Wildman–Crippen MR) is 80.5 cm³/mol. The van der Waals surface area contributed by atoms with Gasteiger partial charge in [-0.15, -0.1) is 0 Å². The van der Waals surface area contributed by atoms with E-state index in [1.807, 2.05) is 37.3 Å². The lowest BCUT2D eigenvalue weighted by atomic mass is 9.97. The first-order valence-electron chi connectivity index (χ1n) is 7.51. The highest BCUT2D eigenvalue weighted by molar-refractivity contribution is 5.78. The maximum Gasteiger partial charge on any atom is 0.236 e. The van der Waals surface area contributed by atoms with Gasteiger partial charge in [-0.3, -0.25) is 9.78 Å². The number of amides is 1. The summed E-state index contributed by atoms with van der Waals surface area (Å²) in [5.74, 6) is 0.265. The van der Waals surface area contributed by atoms with Crippen LogP contribution in [0.15, 0.2) is 24.4 Å². The van der Waals surface area contributed by atoms with E-state index in [2.05, 4.69) is 16.0 Å². The normalized spacial score (nSPS) is 19.4. The number of carbonyl (C=O) groups is 1. The number of hydrogen-bond acceptors (Lipinski definition) is 3. The molecule has 4 nitrogen and oxygen atoms in total. The molecule has 1 amide bonds. The molecule has 110 valence electrons. The Morgan fingerprint density at radius 2 is 2.25 bits per heavy atom. The summed E-state index contributed by atoms with van der Waals surface area (Å²) in [4.78, 5) is 20.7. The van der Waals surface area contributed by atoms with Crippen molar-refractivity contribution in [2.75, 3.05) is 27.2 Å². The summed E-state index contributed by atoms with van der Waals surface area (Å²) in [6.07, 6.45) is 7.32. The number of likely N-dealkylation sites (N-methyl/N-ethyl adjacent to an activating group) is 1. The summed E-state index contributed by atoms with van der Waals surface area (Å²) in [5.41, 5.74) is 1.12. The fourth-order valence-corrected chi connectivity index (χ4v) is 2.85. The first kappa shape index (κ1) is 15.0. The molecule has 1 aromatic rings. The van der Waals surface area contributed by atoms with Crippen molar-refractivity contribution < 1.29 is 4.79 Å². The molecule has 0 N–H and O–H groups in total. The second-order valence-electron chi connectivity index (χ2n) is 5.83. The number of nitrogens with zero attached hydrogens (tertiary/aromatic N) is 3. The first-order valence-corrected chi connectivity index (χ1v) is 7.51. The number of carbonyl (C=O) groups excluding carboxylic acids is 1. The van der Waals surface area contributed by atoms with Crippen molar-refractivity contribution in [1.29, 1.82) is 0 Å². The topological polar surface area (TPSA) is 36.4 Å². The van der Waals surface area contributed by atoms with Crippen LogP contribution >= 0.6 is 0 Å². The molecule has 1 aliphatic rings. The molecule has 0 aliphatic carbocycles. The summed E-state index contributed by atoms with van der Waals surface area (Å²) in [6, 6.07) is 6.42. The largest absolute Gasteiger partial charge is 0.339 e. The quantitative estimate of drug-likeness (QED) is 0.824. The zero-order chi connectivity index (χ0) is 14.4. The highest BCUT2D eigenvalue weighted by Gasteiger charge is 2.26. The number of hydrogen-bond donors (Lipinski definition) is 0. The van der Waals surface area contributed by atoms with E-state index in [1.165, 1.54) is 6.42 Å². The van der Waals surface area contributed by atoms with Crippen LogP contribution in [-0.2, 0) is 11.2 Å². The van der Waals surface area contributed by atoms with Crippen molar-refractivity contribution in [1.82, 2.24) is 14.8 Å². The fourth-order valence-electron chi connectivity index (χ4n) is 2.85. The Labute approximate surface area is 121 Å². The Bertz CT molecular complexity index is 419. The van der Waals surface area contributed by atoms with Gasteiger partial charge in [0.2, 0.25) is 5.91 Å². The van der Waals surface area contributed by atoms with Crippen molar-refractivity contribution >= 4 is 5.91 Å². The standard InChI is InChI=1S/C16H25N3O/c1-18(2)13-16(20)19-12-6-4-8-15(19)10-9-14-7-3-5-11-17-14/h3,5,7,11,15H,4,6,8-10,12-13H2,1-2H3. The molecule has 1 unspecified atom stereocenters. The number of aromatic nitrogens is 1. The molecule has 2 heterocycles. The minimum atomic E-state index is 0.265. The Hall–Kier alpha value is -1.42. The third kappa shape index (κ3) is 4.30. The monoisotopic (exact) mass is 275 g/mol. The number of piperidine rings is 1. The van der Waals surface area contributed by atoms with Gasteiger partial charge in [-0.1, -0.05) is 6.07 Å². The molecule has 1 saturated heterocycles. The van der Waals surface area contributed by atoms with Crippen LogP contribution in [0.5, 0.6) is 0 Å². The lowest BCUT2D eigenvalue weighted by Gasteiger charge is -2.36. The van der Waals surface area contributed by atoms with E-state index in [0.717, 1.165) is 37.9 Å². The van der Waals surface area contributed by atoms with Crippen molar-refractivity contribution in [3.8, 4) is 0 Å². The number of rotatable bonds is 5. The van der Waals surface area contributed by atoms with Gasteiger partial charge >= 0.3 is 0 Å². The van der Waals surface area contributed by atoms with Crippen LogP contribution in [0.1, 0.15) is 31.4 Å². The van der Waals surface area contributed by atoms with Crippen molar-refractivity contribution in [2.45, 2.75) is 38.1 Å². The van der Waals surface area contributed by atoms with Gasteiger partial charge in [0.1, 0.15) is 0 Å². The number of aryl methyl sites for hydroxylation is 1. The highest BCUT2D eigenvalue weighted by Crippen LogP contribution is 2.21. The molecule has 1 fully saturated rings. The van der Waals surface area contributed by atoms with Crippen molar-refractivity contribution in [3.05, 3.63) is 30.1 Å². The highest BCUT2D eigenvalue weighted by atomic mass is 16.2. The SMILES string of the molecule is CN(C)CC(=O)N1CCCCC1CCc1ccccn1. The molecule has 0 aromatic carbocycles. The zero-order valence-electron chi connectivity index (χ0n) is 12.6. The molecule has 1 aromatic heterocycles. The molecule has 1 aliphatic heterocycles. The molecular weight excluding hydrogens is 250 g/mol. The van der Waals surface area contributed by atoms with Gasteiger partial charge < -0.3 is 9.80 Å². The van der Waals surface area contributed by atoms with Crippen LogP contribution in [0.25, 0.3) is 0 Å². The van der Waals surface area contributed by atoms with E-state index in [9.17, 15) is 4.79 Å². The molecule has 20 heavy (non-hydrogen) atoms. The molecule has 4 heteroatoms. The number of pyridine rings is 1. The molecule has 0 spiro atoms. The van der Waals surface area contributed by atoms with Gasteiger partial charge in [0.25, 0.3) is 0 Å². The lowest BCUT2D eigenvalue weighted by Crippen LogP contribution is -2.47. The van der Waals surface area contributed by atoms with Gasteiger partial charge in [-0.2, -0.15) is 0 Å². The molecule has 1 atom stereocenters. The summed E-state index contributed by atoms with van der Waals surface area (Å²) in [6.45, 7) is 1.43. The van der Waals surface area contributed by atoms with Crippen molar-refractivity contribution in [2.24, 2.45) is 0 Å². The Kier molecular flexibility index (Phi) is 5.53. The maximum absolute atomic E-state index is 12.3. The second kappa shape index (κ2) is 7.39. The summed E-state index contributed by atoms with van der Waals surface area (Å²) in [5, 5.41) is 0. The zero-order valence-corrected chi connectivity index (χ0v) is 12.6. The van der Waals surface area contributed by atoms with Gasteiger partial charge in [0.05, 0.1) is 6.54 Å². The molecule has 0 bridgehead atoms. The van der Waals surface area contributed by atoms with Crippen LogP contribution in [0.2, 0.25) is 0 Å². The van der Waals surface area contributed by atoms with Crippen LogP contribution in [0, 0.1) is 0 Å². The average Bonchev–Trinajstić information content (AvgIpc) is 2.46. The molecule has 2 rings (SSSR count).